The summed E-state index contributed by atoms with van der Waals surface area (Å²) in [5, 5.41) is 0.655. The zero-order valence-electron chi connectivity index (χ0n) is 9.68. The molecule has 0 spiro atoms. The Hall–Kier alpha value is -1.61. The van der Waals surface area contributed by atoms with Crippen LogP contribution in [0.3, 0.4) is 0 Å². The summed E-state index contributed by atoms with van der Waals surface area (Å²) in [5.74, 6) is 0.919. The predicted molar refractivity (Wildman–Crippen MR) is 70.2 cm³/mol. The lowest BCUT2D eigenvalue weighted by Crippen LogP contribution is -2.23. The van der Waals surface area contributed by atoms with Crippen molar-refractivity contribution in [2.75, 3.05) is 11.4 Å². The second kappa shape index (κ2) is 5.64. The maximum Gasteiger partial charge on any atom is 0.128 e. The molecule has 0 radical (unpaired) electrons. The topological polar surface area (TPSA) is 29.0 Å². The van der Waals surface area contributed by atoms with Crippen LogP contribution in [0.5, 0.6) is 0 Å². The average Bonchev–Trinajstić information content (AvgIpc) is 2.38. The standard InChI is InChI=1S/C13H14ClN3/c1-2-17(10-12-5-3-4-8-15-12)13-7-6-11(14)9-16-13/h3-9H,2,10H2,1H3. The number of anilines is 1. The van der Waals surface area contributed by atoms with Crippen LogP contribution in [0.2, 0.25) is 5.02 Å². The minimum absolute atomic E-state index is 0.655. The summed E-state index contributed by atoms with van der Waals surface area (Å²) in [6, 6.07) is 9.70. The Kier molecular flexibility index (Phi) is 3.94. The van der Waals surface area contributed by atoms with Gasteiger partial charge in [-0.05, 0) is 31.2 Å². The molecule has 2 aromatic rings. The third-order valence-electron chi connectivity index (χ3n) is 2.50. The Bertz CT molecular complexity index is 456. The van der Waals surface area contributed by atoms with Gasteiger partial charge in [-0.2, -0.15) is 0 Å². The molecular weight excluding hydrogens is 234 g/mol. The molecule has 2 heterocycles. The van der Waals surface area contributed by atoms with Crippen molar-refractivity contribution in [1.29, 1.82) is 0 Å². The molecular formula is C13H14ClN3. The van der Waals surface area contributed by atoms with Crippen molar-refractivity contribution < 1.29 is 0 Å². The van der Waals surface area contributed by atoms with E-state index in [2.05, 4.69) is 21.8 Å². The van der Waals surface area contributed by atoms with Crippen molar-refractivity contribution in [3.05, 3.63) is 53.4 Å². The van der Waals surface area contributed by atoms with E-state index in [9.17, 15) is 0 Å². The molecule has 0 N–H and O–H groups in total. The minimum atomic E-state index is 0.655. The molecule has 0 atom stereocenters. The van der Waals surface area contributed by atoms with Gasteiger partial charge in [0.25, 0.3) is 0 Å². The summed E-state index contributed by atoms with van der Waals surface area (Å²) >= 11 is 5.83. The molecule has 17 heavy (non-hydrogen) atoms. The van der Waals surface area contributed by atoms with Crippen LogP contribution in [-0.4, -0.2) is 16.5 Å². The molecule has 0 saturated heterocycles. The number of hydrogen-bond acceptors (Lipinski definition) is 3. The minimum Gasteiger partial charge on any atom is -0.351 e. The van der Waals surface area contributed by atoms with Gasteiger partial charge >= 0.3 is 0 Å². The van der Waals surface area contributed by atoms with Gasteiger partial charge in [0.05, 0.1) is 17.3 Å². The van der Waals surface area contributed by atoms with E-state index in [1.165, 1.54) is 0 Å². The molecule has 0 saturated carbocycles. The fourth-order valence-corrected chi connectivity index (χ4v) is 1.71. The van der Waals surface area contributed by atoms with Gasteiger partial charge in [-0.25, -0.2) is 4.98 Å². The molecule has 0 bridgehead atoms. The van der Waals surface area contributed by atoms with Crippen molar-refractivity contribution in [2.45, 2.75) is 13.5 Å². The highest BCUT2D eigenvalue weighted by Gasteiger charge is 2.06. The maximum atomic E-state index is 5.83. The molecule has 4 heteroatoms. The molecule has 2 aromatic heterocycles. The smallest absolute Gasteiger partial charge is 0.128 e. The first-order valence-electron chi connectivity index (χ1n) is 5.56. The number of nitrogens with zero attached hydrogens (tertiary/aromatic N) is 3. The lowest BCUT2D eigenvalue weighted by Gasteiger charge is -2.21. The van der Waals surface area contributed by atoms with Crippen molar-refractivity contribution in [2.24, 2.45) is 0 Å². The first kappa shape index (κ1) is 11.9. The van der Waals surface area contributed by atoms with Gasteiger partial charge in [0.15, 0.2) is 0 Å². The Balaban J connectivity index is 2.14. The van der Waals surface area contributed by atoms with Crippen molar-refractivity contribution >= 4 is 17.4 Å². The van der Waals surface area contributed by atoms with Crippen LogP contribution in [0.1, 0.15) is 12.6 Å². The molecule has 0 aromatic carbocycles. The number of halogens is 1. The molecule has 0 aliphatic rings. The Morgan fingerprint density at radius 1 is 1.18 bits per heavy atom. The number of rotatable bonds is 4. The van der Waals surface area contributed by atoms with Crippen LogP contribution in [-0.2, 0) is 6.54 Å². The van der Waals surface area contributed by atoms with E-state index in [1.807, 2.05) is 30.3 Å². The zero-order chi connectivity index (χ0) is 12.1. The quantitative estimate of drug-likeness (QED) is 0.831. The van der Waals surface area contributed by atoms with Gasteiger partial charge < -0.3 is 4.90 Å². The van der Waals surface area contributed by atoms with Crippen molar-refractivity contribution in [3.63, 3.8) is 0 Å². The Morgan fingerprint density at radius 2 is 2.06 bits per heavy atom. The molecule has 0 unspecified atom stereocenters. The van der Waals surface area contributed by atoms with Crippen molar-refractivity contribution in [1.82, 2.24) is 9.97 Å². The highest BCUT2D eigenvalue weighted by atomic mass is 35.5. The number of aromatic nitrogens is 2. The number of pyridine rings is 2. The van der Waals surface area contributed by atoms with Crippen LogP contribution >= 0.6 is 11.6 Å². The summed E-state index contributed by atoms with van der Waals surface area (Å²) in [6.07, 6.45) is 3.47. The molecule has 3 nitrogen and oxygen atoms in total. The van der Waals surface area contributed by atoms with Crippen LogP contribution < -0.4 is 4.90 Å². The van der Waals surface area contributed by atoms with Crippen LogP contribution in [0, 0.1) is 0 Å². The van der Waals surface area contributed by atoms with E-state index in [-0.39, 0.29) is 0 Å². The highest BCUT2D eigenvalue weighted by molar-refractivity contribution is 6.30. The molecule has 0 amide bonds. The monoisotopic (exact) mass is 247 g/mol. The largest absolute Gasteiger partial charge is 0.351 e. The summed E-state index contributed by atoms with van der Waals surface area (Å²) in [6.45, 7) is 3.73. The fraction of sp³-hybridized carbons (Fsp3) is 0.231. The van der Waals surface area contributed by atoms with Gasteiger partial charge in [0, 0.05) is 18.9 Å². The van der Waals surface area contributed by atoms with Crippen LogP contribution in [0.15, 0.2) is 42.7 Å². The SMILES string of the molecule is CCN(Cc1ccccn1)c1ccc(Cl)cn1. The predicted octanol–water partition coefficient (Wildman–Crippen LogP) is 3.16. The van der Waals surface area contributed by atoms with Gasteiger partial charge in [-0.15, -0.1) is 0 Å². The summed E-state index contributed by atoms with van der Waals surface area (Å²) in [5.41, 5.74) is 1.03. The summed E-state index contributed by atoms with van der Waals surface area (Å²) in [7, 11) is 0. The Labute approximate surface area is 106 Å². The highest BCUT2D eigenvalue weighted by Crippen LogP contribution is 2.15. The Morgan fingerprint density at radius 3 is 2.65 bits per heavy atom. The first-order valence-corrected chi connectivity index (χ1v) is 5.94. The van der Waals surface area contributed by atoms with E-state index in [0.29, 0.717) is 5.02 Å². The lowest BCUT2D eigenvalue weighted by molar-refractivity contribution is 0.794. The fourth-order valence-electron chi connectivity index (χ4n) is 1.60. The third kappa shape index (κ3) is 3.17. The second-order valence-electron chi connectivity index (χ2n) is 3.67. The molecule has 88 valence electrons. The summed E-state index contributed by atoms with van der Waals surface area (Å²) < 4.78 is 0. The molecule has 0 fully saturated rings. The van der Waals surface area contributed by atoms with E-state index in [4.69, 9.17) is 11.6 Å². The number of hydrogen-bond donors (Lipinski definition) is 0. The molecule has 2 rings (SSSR count). The van der Waals surface area contributed by atoms with E-state index in [0.717, 1.165) is 24.6 Å². The van der Waals surface area contributed by atoms with Gasteiger partial charge in [-0.1, -0.05) is 17.7 Å². The van der Waals surface area contributed by atoms with Crippen molar-refractivity contribution in [3.8, 4) is 0 Å². The van der Waals surface area contributed by atoms with Gasteiger partial charge in [0.2, 0.25) is 0 Å². The lowest BCUT2D eigenvalue weighted by atomic mass is 10.3. The second-order valence-corrected chi connectivity index (χ2v) is 4.11. The van der Waals surface area contributed by atoms with E-state index < -0.39 is 0 Å². The van der Waals surface area contributed by atoms with Crippen LogP contribution in [0.25, 0.3) is 0 Å². The van der Waals surface area contributed by atoms with E-state index >= 15 is 0 Å². The third-order valence-corrected chi connectivity index (χ3v) is 2.72. The zero-order valence-corrected chi connectivity index (χ0v) is 10.4. The maximum absolute atomic E-state index is 5.83. The molecule has 0 aliphatic carbocycles. The normalized spacial score (nSPS) is 10.2. The van der Waals surface area contributed by atoms with Gasteiger partial charge in [-0.3, -0.25) is 4.98 Å². The first-order chi connectivity index (χ1) is 8.29. The molecule has 0 aliphatic heterocycles. The average molecular weight is 248 g/mol. The summed E-state index contributed by atoms with van der Waals surface area (Å²) in [4.78, 5) is 10.8. The van der Waals surface area contributed by atoms with Crippen LogP contribution in [0.4, 0.5) is 5.82 Å². The van der Waals surface area contributed by atoms with Gasteiger partial charge in [0.1, 0.15) is 5.82 Å². The van der Waals surface area contributed by atoms with E-state index in [1.54, 1.807) is 12.4 Å².